The Morgan fingerprint density at radius 3 is 2.62 bits per heavy atom. The first-order valence-corrected chi connectivity index (χ1v) is 10.6. The van der Waals surface area contributed by atoms with Crippen LogP contribution in [0.25, 0.3) is 5.69 Å². The second-order valence-corrected chi connectivity index (χ2v) is 8.05. The predicted octanol–water partition coefficient (Wildman–Crippen LogP) is 3.75. The minimum absolute atomic E-state index is 0.806. The molecule has 3 aromatic rings. The summed E-state index contributed by atoms with van der Waals surface area (Å²) in [6, 6.07) is 16.7. The second kappa shape index (κ2) is 9.44. The Balaban J connectivity index is 1.22. The van der Waals surface area contributed by atoms with Crippen molar-refractivity contribution in [2.75, 3.05) is 44.2 Å². The van der Waals surface area contributed by atoms with E-state index in [1.165, 1.54) is 16.8 Å². The van der Waals surface area contributed by atoms with Crippen LogP contribution in [0.15, 0.2) is 60.9 Å². The Labute approximate surface area is 177 Å². The van der Waals surface area contributed by atoms with Gasteiger partial charge in [-0.1, -0.05) is 23.7 Å². The number of benzene rings is 2. The molecule has 1 fully saturated rings. The van der Waals surface area contributed by atoms with Crippen LogP contribution >= 0.6 is 11.6 Å². The molecule has 2 aromatic carbocycles. The smallest absolute Gasteiger partial charge is 0.0651 e. The van der Waals surface area contributed by atoms with Gasteiger partial charge in [0.1, 0.15) is 0 Å². The largest absolute Gasteiger partial charge is 0.369 e. The van der Waals surface area contributed by atoms with Crippen LogP contribution < -0.4 is 10.2 Å². The molecule has 0 amide bonds. The summed E-state index contributed by atoms with van der Waals surface area (Å²) in [6.07, 6.45) is 3.79. The minimum atomic E-state index is 0.806. The maximum absolute atomic E-state index is 6.13. The van der Waals surface area contributed by atoms with Crippen molar-refractivity contribution in [2.45, 2.75) is 13.5 Å². The maximum atomic E-state index is 6.13. The van der Waals surface area contributed by atoms with E-state index in [0.29, 0.717) is 0 Å². The fraction of sp³-hybridized carbons (Fsp3) is 0.348. The zero-order chi connectivity index (χ0) is 20.1. The van der Waals surface area contributed by atoms with E-state index in [1.807, 2.05) is 35.3 Å². The van der Waals surface area contributed by atoms with Crippen molar-refractivity contribution >= 4 is 17.3 Å². The summed E-state index contributed by atoms with van der Waals surface area (Å²) in [6.45, 7) is 9.33. The Morgan fingerprint density at radius 1 is 1.00 bits per heavy atom. The molecule has 152 valence electrons. The van der Waals surface area contributed by atoms with Gasteiger partial charge in [0, 0.05) is 68.9 Å². The highest BCUT2D eigenvalue weighted by Crippen LogP contribution is 2.20. The summed E-state index contributed by atoms with van der Waals surface area (Å²) in [4.78, 5) is 4.94. The van der Waals surface area contributed by atoms with Gasteiger partial charge in [-0.25, -0.2) is 4.68 Å². The number of piperazine rings is 1. The van der Waals surface area contributed by atoms with E-state index in [1.54, 1.807) is 0 Å². The average Bonchev–Trinajstić information content (AvgIpc) is 3.26. The van der Waals surface area contributed by atoms with E-state index in [0.717, 1.165) is 56.5 Å². The minimum Gasteiger partial charge on any atom is -0.369 e. The number of hydrogen-bond acceptors (Lipinski definition) is 4. The van der Waals surface area contributed by atoms with Crippen LogP contribution in [0.2, 0.25) is 5.02 Å². The summed E-state index contributed by atoms with van der Waals surface area (Å²) in [5.74, 6) is 0. The molecule has 0 radical (unpaired) electrons. The van der Waals surface area contributed by atoms with Crippen molar-refractivity contribution in [2.24, 2.45) is 0 Å². The molecule has 0 atom stereocenters. The van der Waals surface area contributed by atoms with E-state index >= 15 is 0 Å². The van der Waals surface area contributed by atoms with E-state index < -0.39 is 0 Å². The zero-order valence-electron chi connectivity index (χ0n) is 16.9. The molecule has 1 aliphatic heterocycles. The van der Waals surface area contributed by atoms with Crippen LogP contribution in [-0.2, 0) is 6.54 Å². The SMILES string of the molecule is Cc1cc(CNCCN2CCN(c3cccc(Cl)c3)CC2)cc(-n2cccn2)c1. The Hall–Kier alpha value is -2.34. The van der Waals surface area contributed by atoms with E-state index in [-0.39, 0.29) is 0 Å². The van der Waals surface area contributed by atoms with Gasteiger partial charge in [-0.2, -0.15) is 5.10 Å². The fourth-order valence-electron chi connectivity index (χ4n) is 3.87. The van der Waals surface area contributed by atoms with Gasteiger partial charge in [0.25, 0.3) is 0 Å². The van der Waals surface area contributed by atoms with Gasteiger partial charge >= 0.3 is 0 Å². The fourth-order valence-corrected chi connectivity index (χ4v) is 4.05. The topological polar surface area (TPSA) is 36.3 Å². The monoisotopic (exact) mass is 409 g/mol. The molecule has 1 aromatic heterocycles. The first kappa shape index (κ1) is 20.0. The van der Waals surface area contributed by atoms with Gasteiger partial charge in [-0.05, 0) is 54.4 Å². The van der Waals surface area contributed by atoms with Gasteiger partial charge in [0.15, 0.2) is 0 Å². The third-order valence-corrected chi connectivity index (χ3v) is 5.61. The van der Waals surface area contributed by atoms with Crippen LogP contribution in [-0.4, -0.2) is 53.9 Å². The van der Waals surface area contributed by atoms with Crippen LogP contribution in [0.4, 0.5) is 5.69 Å². The average molecular weight is 410 g/mol. The molecule has 0 spiro atoms. The van der Waals surface area contributed by atoms with Crippen molar-refractivity contribution in [3.8, 4) is 5.69 Å². The molecule has 1 N–H and O–H groups in total. The lowest BCUT2D eigenvalue weighted by Gasteiger charge is -2.36. The number of aromatic nitrogens is 2. The molecular formula is C23H28ClN5. The molecule has 2 heterocycles. The molecule has 0 bridgehead atoms. The quantitative estimate of drug-likeness (QED) is 0.603. The zero-order valence-corrected chi connectivity index (χ0v) is 17.6. The number of hydrogen-bond donors (Lipinski definition) is 1. The van der Waals surface area contributed by atoms with Crippen LogP contribution in [0.5, 0.6) is 0 Å². The molecule has 1 aliphatic rings. The number of nitrogens with zero attached hydrogens (tertiary/aromatic N) is 4. The van der Waals surface area contributed by atoms with E-state index in [9.17, 15) is 0 Å². The van der Waals surface area contributed by atoms with Gasteiger partial charge in [0.2, 0.25) is 0 Å². The van der Waals surface area contributed by atoms with Gasteiger partial charge < -0.3 is 10.2 Å². The van der Waals surface area contributed by atoms with E-state index in [4.69, 9.17) is 11.6 Å². The van der Waals surface area contributed by atoms with E-state index in [2.05, 4.69) is 57.5 Å². The highest BCUT2D eigenvalue weighted by atomic mass is 35.5. The van der Waals surface area contributed by atoms with Crippen molar-refractivity contribution in [3.63, 3.8) is 0 Å². The number of rotatable bonds is 7. The standard InChI is InChI=1S/C23H28ClN5/c1-19-14-20(16-23(15-19)29-8-3-6-26-29)18-25-7-9-27-10-12-28(13-11-27)22-5-2-4-21(24)17-22/h2-6,8,14-17,25H,7,9-13,18H2,1H3. The first-order chi connectivity index (χ1) is 14.2. The number of aryl methyl sites for hydroxylation is 1. The van der Waals surface area contributed by atoms with Gasteiger partial charge in [-0.3, -0.25) is 4.90 Å². The van der Waals surface area contributed by atoms with Crippen molar-refractivity contribution in [1.29, 1.82) is 0 Å². The molecule has 6 heteroatoms. The Bertz CT molecular complexity index is 917. The van der Waals surface area contributed by atoms with Crippen LogP contribution in [0, 0.1) is 6.92 Å². The molecule has 0 saturated carbocycles. The van der Waals surface area contributed by atoms with Crippen molar-refractivity contribution < 1.29 is 0 Å². The summed E-state index contributed by atoms with van der Waals surface area (Å²) >= 11 is 6.13. The van der Waals surface area contributed by atoms with Gasteiger partial charge in [-0.15, -0.1) is 0 Å². The lowest BCUT2D eigenvalue weighted by Crippen LogP contribution is -2.48. The lowest BCUT2D eigenvalue weighted by molar-refractivity contribution is 0.257. The molecule has 1 saturated heterocycles. The summed E-state index contributed by atoms with van der Waals surface area (Å²) in [5, 5.41) is 8.74. The Kier molecular flexibility index (Phi) is 6.49. The molecule has 0 aliphatic carbocycles. The first-order valence-electron chi connectivity index (χ1n) is 10.2. The maximum Gasteiger partial charge on any atom is 0.0651 e. The highest BCUT2D eigenvalue weighted by Gasteiger charge is 2.16. The predicted molar refractivity (Wildman–Crippen MR) is 120 cm³/mol. The summed E-state index contributed by atoms with van der Waals surface area (Å²) < 4.78 is 1.91. The van der Waals surface area contributed by atoms with Crippen LogP contribution in [0.1, 0.15) is 11.1 Å². The second-order valence-electron chi connectivity index (χ2n) is 7.61. The molecule has 0 unspecified atom stereocenters. The third-order valence-electron chi connectivity index (χ3n) is 5.37. The molecule has 5 nitrogen and oxygen atoms in total. The van der Waals surface area contributed by atoms with Gasteiger partial charge in [0.05, 0.1) is 5.69 Å². The summed E-state index contributed by atoms with van der Waals surface area (Å²) in [7, 11) is 0. The lowest BCUT2D eigenvalue weighted by atomic mass is 10.1. The molecule has 29 heavy (non-hydrogen) atoms. The molecule has 4 rings (SSSR count). The Morgan fingerprint density at radius 2 is 1.86 bits per heavy atom. The highest BCUT2D eigenvalue weighted by molar-refractivity contribution is 6.30. The third kappa shape index (κ3) is 5.38. The summed E-state index contributed by atoms with van der Waals surface area (Å²) in [5.41, 5.74) is 4.89. The number of halogens is 1. The van der Waals surface area contributed by atoms with Crippen LogP contribution in [0.3, 0.4) is 0 Å². The number of anilines is 1. The normalized spacial score (nSPS) is 15.0. The molecular weight excluding hydrogens is 382 g/mol. The number of nitrogens with one attached hydrogen (secondary N) is 1. The van der Waals surface area contributed by atoms with Crippen molar-refractivity contribution in [3.05, 3.63) is 77.1 Å². The van der Waals surface area contributed by atoms with Crippen molar-refractivity contribution in [1.82, 2.24) is 20.0 Å².